The molecule has 0 atom stereocenters. The van der Waals surface area contributed by atoms with Crippen molar-refractivity contribution in [3.63, 3.8) is 0 Å². The van der Waals surface area contributed by atoms with Gasteiger partial charge in [-0.3, -0.25) is 4.40 Å². The molecule has 0 saturated heterocycles. The zero-order valence-corrected chi connectivity index (χ0v) is 11.5. The molecule has 0 amide bonds. The lowest BCUT2D eigenvalue weighted by molar-refractivity contribution is 0.415. The van der Waals surface area contributed by atoms with Crippen molar-refractivity contribution in [1.82, 2.24) is 9.38 Å². The highest BCUT2D eigenvalue weighted by Crippen LogP contribution is 2.17. The Morgan fingerprint density at radius 3 is 2.79 bits per heavy atom. The summed E-state index contributed by atoms with van der Waals surface area (Å²) in [5.74, 6) is 0.832. The Morgan fingerprint density at radius 2 is 2.05 bits per heavy atom. The molecule has 2 aromatic heterocycles. The first-order chi connectivity index (χ1) is 9.26. The van der Waals surface area contributed by atoms with Crippen molar-refractivity contribution in [3.05, 3.63) is 53.1 Å². The zero-order chi connectivity index (χ0) is 13.2. The van der Waals surface area contributed by atoms with Crippen molar-refractivity contribution in [2.24, 2.45) is 4.99 Å². The third-order valence-corrected chi connectivity index (χ3v) is 3.52. The van der Waals surface area contributed by atoms with E-state index in [1.54, 1.807) is 18.4 Å². The summed E-state index contributed by atoms with van der Waals surface area (Å²) in [6.07, 6.45) is 1.98. The van der Waals surface area contributed by atoms with E-state index in [4.69, 9.17) is 4.74 Å². The van der Waals surface area contributed by atoms with Crippen molar-refractivity contribution in [3.8, 4) is 5.75 Å². The largest absolute Gasteiger partial charge is 0.497 e. The maximum absolute atomic E-state index is 5.14. The SMILES string of the molecule is COc1ccc(N=c2cc(C)nc3sccn23)cc1. The molecular weight excluding hydrogens is 258 g/mol. The maximum Gasteiger partial charge on any atom is 0.195 e. The van der Waals surface area contributed by atoms with Gasteiger partial charge in [-0.15, -0.1) is 11.3 Å². The summed E-state index contributed by atoms with van der Waals surface area (Å²) in [6, 6.07) is 9.66. The molecule has 0 N–H and O–H groups in total. The number of ether oxygens (including phenoxy) is 1. The number of fused-ring (bicyclic) bond motifs is 1. The molecule has 0 aliphatic rings. The van der Waals surface area contributed by atoms with Gasteiger partial charge in [-0.25, -0.2) is 9.98 Å². The molecule has 0 fully saturated rings. The van der Waals surface area contributed by atoms with E-state index >= 15 is 0 Å². The van der Waals surface area contributed by atoms with Crippen LogP contribution in [0.2, 0.25) is 0 Å². The molecule has 0 saturated carbocycles. The lowest BCUT2D eigenvalue weighted by Crippen LogP contribution is -2.13. The van der Waals surface area contributed by atoms with Gasteiger partial charge in [0.05, 0.1) is 12.8 Å². The molecule has 19 heavy (non-hydrogen) atoms. The van der Waals surface area contributed by atoms with E-state index in [1.807, 2.05) is 53.2 Å². The topological polar surface area (TPSA) is 38.9 Å². The first-order valence-electron chi connectivity index (χ1n) is 5.88. The van der Waals surface area contributed by atoms with Crippen LogP contribution >= 0.6 is 11.3 Å². The van der Waals surface area contributed by atoms with Gasteiger partial charge in [0.2, 0.25) is 0 Å². The van der Waals surface area contributed by atoms with Gasteiger partial charge in [-0.05, 0) is 31.2 Å². The Labute approximate surface area is 114 Å². The van der Waals surface area contributed by atoms with Crippen LogP contribution in [0.25, 0.3) is 4.96 Å². The molecule has 0 spiro atoms. The average molecular weight is 271 g/mol. The number of benzene rings is 1. The molecule has 96 valence electrons. The zero-order valence-electron chi connectivity index (χ0n) is 10.7. The van der Waals surface area contributed by atoms with Crippen LogP contribution in [-0.2, 0) is 0 Å². The van der Waals surface area contributed by atoms with Crippen molar-refractivity contribution < 1.29 is 4.74 Å². The first kappa shape index (κ1) is 11.9. The van der Waals surface area contributed by atoms with Gasteiger partial charge in [0.15, 0.2) is 4.96 Å². The van der Waals surface area contributed by atoms with Gasteiger partial charge in [-0.1, -0.05) is 0 Å². The summed E-state index contributed by atoms with van der Waals surface area (Å²) in [4.78, 5) is 10.1. The molecule has 0 unspecified atom stereocenters. The minimum Gasteiger partial charge on any atom is -0.497 e. The Hall–Kier alpha value is -2.14. The smallest absolute Gasteiger partial charge is 0.195 e. The number of nitrogens with zero attached hydrogens (tertiary/aromatic N) is 3. The van der Waals surface area contributed by atoms with Gasteiger partial charge < -0.3 is 4.74 Å². The third-order valence-electron chi connectivity index (χ3n) is 2.76. The predicted octanol–water partition coefficient (Wildman–Crippen LogP) is 2.95. The predicted molar refractivity (Wildman–Crippen MR) is 76.0 cm³/mol. The summed E-state index contributed by atoms with van der Waals surface area (Å²) in [7, 11) is 1.66. The second kappa shape index (κ2) is 4.85. The summed E-state index contributed by atoms with van der Waals surface area (Å²) >= 11 is 1.60. The van der Waals surface area contributed by atoms with Gasteiger partial charge in [-0.2, -0.15) is 0 Å². The number of rotatable bonds is 2. The molecule has 1 aromatic carbocycles. The van der Waals surface area contributed by atoms with E-state index in [0.717, 1.165) is 27.6 Å². The highest BCUT2D eigenvalue weighted by Gasteiger charge is 1.99. The van der Waals surface area contributed by atoms with Gasteiger partial charge in [0.25, 0.3) is 0 Å². The molecule has 0 bridgehead atoms. The standard InChI is InChI=1S/C14H13N3OS/c1-10-9-13(17-7-8-19-14(17)15-10)16-11-3-5-12(18-2)6-4-11/h3-9H,1-2H3. The van der Waals surface area contributed by atoms with E-state index < -0.39 is 0 Å². The minimum atomic E-state index is 0.832. The lowest BCUT2D eigenvalue weighted by Gasteiger charge is -2.00. The molecule has 0 radical (unpaired) electrons. The van der Waals surface area contributed by atoms with Crippen LogP contribution in [0.15, 0.2) is 46.9 Å². The summed E-state index contributed by atoms with van der Waals surface area (Å²) in [5, 5.41) is 2.01. The van der Waals surface area contributed by atoms with E-state index in [0.29, 0.717) is 0 Å². The lowest BCUT2D eigenvalue weighted by atomic mass is 10.3. The van der Waals surface area contributed by atoms with E-state index in [2.05, 4.69) is 9.98 Å². The van der Waals surface area contributed by atoms with E-state index in [9.17, 15) is 0 Å². The summed E-state index contributed by atoms with van der Waals surface area (Å²) in [5.41, 5.74) is 2.75. The fourth-order valence-corrected chi connectivity index (χ4v) is 2.61. The van der Waals surface area contributed by atoms with Gasteiger partial charge in [0, 0.05) is 23.3 Å². The number of aryl methyl sites for hydroxylation is 1. The molecule has 0 aliphatic carbocycles. The van der Waals surface area contributed by atoms with Gasteiger partial charge >= 0.3 is 0 Å². The Kier molecular flexibility index (Phi) is 3.05. The van der Waals surface area contributed by atoms with E-state index in [-0.39, 0.29) is 0 Å². The number of methoxy groups -OCH3 is 1. The van der Waals surface area contributed by atoms with Crippen molar-refractivity contribution in [1.29, 1.82) is 0 Å². The Balaban J connectivity index is 2.16. The Morgan fingerprint density at radius 1 is 1.26 bits per heavy atom. The second-order valence-corrected chi connectivity index (χ2v) is 4.99. The van der Waals surface area contributed by atoms with Crippen molar-refractivity contribution in [2.75, 3.05) is 7.11 Å². The fraction of sp³-hybridized carbons (Fsp3) is 0.143. The molecule has 3 aromatic rings. The van der Waals surface area contributed by atoms with Crippen molar-refractivity contribution in [2.45, 2.75) is 6.92 Å². The second-order valence-electron chi connectivity index (χ2n) is 4.12. The summed E-state index contributed by atoms with van der Waals surface area (Å²) < 4.78 is 7.13. The molecule has 2 heterocycles. The normalized spacial score (nSPS) is 12.0. The minimum absolute atomic E-state index is 0.832. The van der Waals surface area contributed by atoms with Crippen LogP contribution in [-0.4, -0.2) is 16.5 Å². The highest BCUT2D eigenvalue weighted by molar-refractivity contribution is 7.15. The molecule has 0 aliphatic heterocycles. The molecule has 3 rings (SSSR count). The monoisotopic (exact) mass is 271 g/mol. The van der Waals surface area contributed by atoms with E-state index in [1.165, 1.54) is 0 Å². The molecular formula is C14H13N3OS. The van der Waals surface area contributed by atoms with Crippen LogP contribution in [0.1, 0.15) is 5.69 Å². The summed E-state index contributed by atoms with van der Waals surface area (Å²) in [6.45, 7) is 1.98. The quantitative estimate of drug-likeness (QED) is 0.719. The third kappa shape index (κ3) is 2.37. The number of hydrogen-bond acceptors (Lipinski definition) is 4. The average Bonchev–Trinajstić information content (AvgIpc) is 2.88. The van der Waals surface area contributed by atoms with Crippen LogP contribution < -0.4 is 10.2 Å². The van der Waals surface area contributed by atoms with Crippen LogP contribution in [0.3, 0.4) is 0 Å². The molecule has 4 nitrogen and oxygen atoms in total. The molecule has 5 heteroatoms. The highest BCUT2D eigenvalue weighted by atomic mass is 32.1. The van der Waals surface area contributed by atoms with Crippen LogP contribution in [0, 0.1) is 6.92 Å². The number of thiazole rings is 1. The first-order valence-corrected chi connectivity index (χ1v) is 6.76. The Bertz CT molecular complexity index is 771. The number of aromatic nitrogens is 2. The van der Waals surface area contributed by atoms with Gasteiger partial charge in [0.1, 0.15) is 11.2 Å². The fourth-order valence-electron chi connectivity index (χ4n) is 1.84. The maximum atomic E-state index is 5.14. The van der Waals surface area contributed by atoms with Crippen molar-refractivity contribution >= 4 is 22.0 Å². The van der Waals surface area contributed by atoms with Crippen LogP contribution in [0.5, 0.6) is 5.75 Å². The number of hydrogen-bond donors (Lipinski definition) is 0. The van der Waals surface area contributed by atoms with Crippen LogP contribution in [0.4, 0.5) is 5.69 Å².